The van der Waals surface area contributed by atoms with Gasteiger partial charge in [-0.3, -0.25) is 9.78 Å². The lowest BCUT2D eigenvalue weighted by Gasteiger charge is -2.08. The van der Waals surface area contributed by atoms with Gasteiger partial charge in [0.15, 0.2) is 0 Å². The van der Waals surface area contributed by atoms with Gasteiger partial charge in [-0.15, -0.1) is 0 Å². The van der Waals surface area contributed by atoms with Gasteiger partial charge in [-0.25, -0.2) is 4.98 Å². The molecule has 0 aliphatic carbocycles. The number of nitrogens with zero attached hydrogens (tertiary/aromatic N) is 3. The maximum Gasteiger partial charge on any atom is 0.261 e. The second kappa shape index (κ2) is 6.27. The Morgan fingerprint density at radius 3 is 2.83 bits per heavy atom. The molecular formula is C16H14N4O3. The fourth-order valence-electron chi connectivity index (χ4n) is 2.10. The van der Waals surface area contributed by atoms with E-state index >= 15 is 0 Å². The van der Waals surface area contributed by atoms with Gasteiger partial charge in [0.2, 0.25) is 5.88 Å². The van der Waals surface area contributed by atoms with Gasteiger partial charge in [0.1, 0.15) is 17.1 Å². The van der Waals surface area contributed by atoms with Crippen molar-refractivity contribution in [3.63, 3.8) is 0 Å². The minimum absolute atomic E-state index is 0.280. The zero-order valence-electron chi connectivity index (χ0n) is 12.6. The smallest absolute Gasteiger partial charge is 0.261 e. The quantitative estimate of drug-likeness (QED) is 0.796. The maximum atomic E-state index is 12.3. The van der Waals surface area contributed by atoms with E-state index in [4.69, 9.17) is 9.26 Å². The number of rotatable bonds is 4. The predicted molar refractivity (Wildman–Crippen MR) is 82.5 cm³/mol. The van der Waals surface area contributed by atoms with Crippen molar-refractivity contribution in [2.45, 2.75) is 13.8 Å². The molecule has 0 atom stereocenters. The van der Waals surface area contributed by atoms with Crippen LogP contribution in [0.2, 0.25) is 0 Å². The van der Waals surface area contributed by atoms with Crippen molar-refractivity contribution in [2.24, 2.45) is 0 Å². The number of aryl methyl sites for hydroxylation is 2. The highest BCUT2D eigenvalue weighted by Crippen LogP contribution is 2.23. The van der Waals surface area contributed by atoms with E-state index in [1.165, 1.54) is 6.20 Å². The Hall–Kier alpha value is -3.22. The van der Waals surface area contributed by atoms with Gasteiger partial charge in [-0.2, -0.15) is 0 Å². The van der Waals surface area contributed by atoms with Crippen molar-refractivity contribution in [1.82, 2.24) is 15.1 Å². The molecule has 116 valence electrons. The van der Waals surface area contributed by atoms with E-state index in [1.807, 2.05) is 0 Å². The van der Waals surface area contributed by atoms with Gasteiger partial charge in [-0.1, -0.05) is 11.2 Å². The third kappa shape index (κ3) is 3.34. The van der Waals surface area contributed by atoms with E-state index in [-0.39, 0.29) is 5.91 Å². The molecule has 0 spiro atoms. The monoisotopic (exact) mass is 310 g/mol. The summed E-state index contributed by atoms with van der Waals surface area (Å²) < 4.78 is 10.6. The first kappa shape index (κ1) is 14.7. The minimum Gasteiger partial charge on any atom is -0.437 e. The zero-order valence-corrected chi connectivity index (χ0v) is 12.6. The number of ether oxygens (including phenoxy) is 1. The number of anilines is 1. The average molecular weight is 310 g/mol. The largest absolute Gasteiger partial charge is 0.437 e. The molecule has 3 rings (SSSR count). The Kier molecular flexibility index (Phi) is 4.01. The SMILES string of the molecule is Cc1noc(C)c1C(=O)Nc1cccc(Oc2cnccn2)c1. The molecule has 0 unspecified atom stereocenters. The van der Waals surface area contributed by atoms with Gasteiger partial charge in [0, 0.05) is 24.1 Å². The maximum absolute atomic E-state index is 12.3. The molecular weight excluding hydrogens is 296 g/mol. The summed E-state index contributed by atoms with van der Waals surface area (Å²) in [4.78, 5) is 20.3. The Morgan fingerprint density at radius 1 is 1.26 bits per heavy atom. The van der Waals surface area contributed by atoms with Crippen LogP contribution in [0.15, 0.2) is 47.4 Å². The summed E-state index contributed by atoms with van der Waals surface area (Å²) in [5.41, 5.74) is 1.58. The zero-order chi connectivity index (χ0) is 16.2. The van der Waals surface area contributed by atoms with E-state index in [1.54, 1.807) is 50.5 Å². The highest BCUT2D eigenvalue weighted by molar-refractivity contribution is 6.05. The van der Waals surface area contributed by atoms with Crippen LogP contribution in [0, 0.1) is 13.8 Å². The lowest BCUT2D eigenvalue weighted by atomic mass is 10.2. The number of carbonyl (C=O) groups is 1. The van der Waals surface area contributed by atoms with Crippen LogP contribution in [0.3, 0.4) is 0 Å². The summed E-state index contributed by atoms with van der Waals surface area (Å²) in [5, 5.41) is 6.57. The molecule has 1 aromatic carbocycles. The molecule has 3 aromatic rings. The van der Waals surface area contributed by atoms with E-state index in [0.717, 1.165) is 0 Å². The van der Waals surface area contributed by atoms with Crippen LogP contribution in [0.25, 0.3) is 0 Å². The fraction of sp³-hybridized carbons (Fsp3) is 0.125. The van der Waals surface area contributed by atoms with Crippen molar-refractivity contribution in [3.8, 4) is 11.6 Å². The van der Waals surface area contributed by atoms with Crippen molar-refractivity contribution in [3.05, 3.63) is 59.9 Å². The molecule has 1 N–H and O–H groups in total. The molecule has 0 aliphatic rings. The highest BCUT2D eigenvalue weighted by Gasteiger charge is 2.17. The van der Waals surface area contributed by atoms with Crippen LogP contribution in [-0.2, 0) is 0 Å². The third-order valence-corrected chi connectivity index (χ3v) is 3.11. The normalized spacial score (nSPS) is 10.3. The van der Waals surface area contributed by atoms with Crippen LogP contribution >= 0.6 is 0 Å². The second-order valence-corrected chi connectivity index (χ2v) is 4.83. The molecule has 0 saturated heterocycles. The molecule has 0 saturated carbocycles. The molecule has 7 heteroatoms. The average Bonchev–Trinajstić information content (AvgIpc) is 2.87. The summed E-state index contributed by atoms with van der Waals surface area (Å²) in [5.74, 6) is 1.12. The first-order valence-corrected chi connectivity index (χ1v) is 6.91. The van der Waals surface area contributed by atoms with E-state index in [2.05, 4.69) is 20.4 Å². The van der Waals surface area contributed by atoms with Gasteiger partial charge in [0.25, 0.3) is 5.91 Å². The fourth-order valence-corrected chi connectivity index (χ4v) is 2.10. The predicted octanol–water partition coefficient (Wildman–Crippen LogP) is 3.13. The van der Waals surface area contributed by atoms with Crippen LogP contribution in [0.4, 0.5) is 5.69 Å². The number of hydrogen-bond acceptors (Lipinski definition) is 6. The van der Waals surface area contributed by atoms with E-state index in [9.17, 15) is 4.79 Å². The van der Waals surface area contributed by atoms with Crippen LogP contribution in [0.5, 0.6) is 11.6 Å². The Labute approximate surface area is 132 Å². The first-order valence-electron chi connectivity index (χ1n) is 6.91. The number of amides is 1. The molecule has 0 bridgehead atoms. The summed E-state index contributed by atoms with van der Waals surface area (Å²) >= 11 is 0. The molecule has 2 heterocycles. The molecule has 1 amide bonds. The van der Waals surface area contributed by atoms with Gasteiger partial charge < -0.3 is 14.6 Å². The topological polar surface area (TPSA) is 90.1 Å². The number of aromatic nitrogens is 3. The minimum atomic E-state index is -0.280. The van der Waals surface area contributed by atoms with E-state index < -0.39 is 0 Å². The molecule has 0 aliphatic heterocycles. The summed E-state index contributed by atoms with van der Waals surface area (Å²) in [6.45, 7) is 3.42. The molecule has 7 nitrogen and oxygen atoms in total. The molecule has 0 radical (unpaired) electrons. The van der Waals surface area contributed by atoms with Gasteiger partial charge in [-0.05, 0) is 26.0 Å². The number of benzene rings is 1. The molecule has 23 heavy (non-hydrogen) atoms. The second-order valence-electron chi connectivity index (χ2n) is 4.83. The Balaban J connectivity index is 1.76. The van der Waals surface area contributed by atoms with Crippen LogP contribution < -0.4 is 10.1 Å². The summed E-state index contributed by atoms with van der Waals surface area (Å²) in [6, 6.07) is 7.00. The van der Waals surface area contributed by atoms with Crippen molar-refractivity contribution in [1.29, 1.82) is 0 Å². The summed E-state index contributed by atoms with van der Waals surface area (Å²) in [6.07, 6.45) is 4.61. The first-order chi connectivity index (χ1) is 11.1. The lowest BCUT2D eigenvalue weighted by Crippen LogP contribution is -2.13. The van der Waals surface area contributed by atoms with Gasteiger partial charge in [0.05, 0.1) is 11.9 Å². The van der Waals surface area contributed by atoms with Crippen LogP contribution in [-0.4, -0.2) is 21.0 Å². The Bertz CT molecular complexity index is 811. The number of nitrogens with one attached hydrogen (secondary N) is 1. The number of carbonyl (C=O) groups excluding carboxylic acids is 1. The summed E-state index contributed by atoms with van der Waals surface area (Å²) in [7, 11) is 0. The van der Waals surface area contributed by atoms with Gasteiger partial charge >= 0.3 is 0 Å². The lowest BCUT2D eigenvalue weighted by molar-refractivity contribution is 0.102. The number of hydrogen-bond donors (Lipinski definition) is 1. The molecule has 2 aromatic heterocycles. The molecule has 0 fully saturated rings. The van der Waals surface area contributed by atoms with E-state index in [0.29, 0.717) is 34.3 Å². The third-order valence-electron chi connectivity index (χ3n) is 3.11. The van der Waals surface area contributed by atoms with Crippen molar-refractivity contribution in [2.75, 3.05) is 5.32 Å². The Morgan fingerprint density at radius 2 is 2.13 bits per heavy atom. The highest BCUT2D eigenvalue weighted by atomic mass is 16.5. The van der Waals surface area contributed by atoms with Crippen molar-refractivity contribution >= 4 is 11.6 Å². The van der Waals surface area contributed by atoms with Crippen LogP contribution in [0.1, 0.15) is 21.8 Å². The standard InChI is InChI=1S/C16H14N4O3/c1-10-15(11(2)23-20-10)16(21)19-12-4-3-5-13(8-12)22-14-9-17-6-7-18-14/h3-9H,1-2H3,(H,19,21). The van der Waals surface area contributed by atoms with Crippen molar-refractivity contribution < 1.29 is 14.1 Å².